The summed E-state index contributed by atoms with van der Waals surface area (Å²) in [6.45, 7) is 3.78. The van der Waals surface area contributed by atoms with E-state index in [-0.39, 0.29) is 11.4 Å². The van der Waals surface area contributed by atoms with Crippen molar-refractivity contribution in [2.45, 2.75) is 25.4 Å². The first kappa shape index (κ1) is 31.5. The fraction of sp³-hybridized carbons (Fsp3) is 0.281. The number of ether oxygens (including phenoxy) is 3. The van der Waals surface area contributed by atoms with Crippen molar-refractivity contribution < 1.29 is 36.6 Å². The standard InChI is InChI=1S/C32H31F4N5O4/c1-43-29-18-24-26(19-30(29)44-16-4-15-41-13-2-3-14-41)37-12-11-27(24)45-28-10-9-23(17-25(28)33)39-31(42)40-38-20-21-5-7-22(8-6-21)32(34,35)36/h5-12,17-20H,2-4,13-16H2,1H3,(H2,39,40,42)/b38-20+. The second kappa shape index (κ2) is 14.2. The molecule has 45 heavy (non-hydrogen) atoms. The number of hydrogen-bond donors (Lipinski definition) is 2. The lowest BCUT2D eigenvalue weighted by molar-refractivity contribution is -0.137. The minimum Gasteiger partial charge on any atom is -0.493 e. The third kappa shape index (κ3) is 8.38. The summed E-state index contributed by atoms with van der Waals surface area (Å²) < 4.78 is 70.5. The number of hydrogen-bond acceptors (Lipinski definition) is 7. The van der Waals surface area contributed by atoms with Gasteiger partial charge in [-0.3, -0.25) is 4.98 Å². The Morgan fingerprint density at radius 3 is 2.49 bits per heavy atom. The summed E-state index contributed by atoms with van der Waals surface area (Å²) in [5, 5.41) is 6.71. The van der Waals surface area contributed by atoms with Gasteiger partial charge in [0, 0.05) is 35.9 Å². The van der Waals surface area contributed by atoms with E-state index >= 15 is 4.39 Å². The number of carbonyl (C=O) groups is 1. The Morgan fingerprint density at radius 2 is 1.78 bits per heavy atom. The second-order valence-corrected chi connectivity index (χ2v) is 10.3. The number of methoxy groups -OCH3 is 1. The number of pyridine rings is 1. The summed E-state index contributed by atoms with van der Waals surface area (Å²) in [5.74, 6) is 0.563. The van der Waals surface area contributed by atoms with Gasteiger partial charge < -0.3 is 24.4 Å². The van der Waals surface area contributed by atoms with Crippen LogP contribution in [0.3, 0.4) is 0 Å². The number of nitrogens with zero attached hydrogens (tertiary/aromatic N) is 3. The van der Waals surface area contributed by atoms with Crippen LogP contribution < -0.4 is 25.0 Å². The summed E-state index contributed by atoms with van der Waals surface area (Å²) in [6, 6.07) is 12.4. The maximum absolute atomic E-state index is 15.0. The maximum atomic E-state index is 15.0. The van der Waals surface area contributed by atoms with E-state index in [9.17, 15) is 18.0 Å². The zero-order valence-electron chi connectivity index (χ0n) is 24.4. The van der Waals surface area contributed by atoms with Gasteiger partial charge in [0.25, 0.3) is 0 Å². The summed E-state index contributed by atoms with van der Waals surface area (Å²) >= 11 is 0. The number of rotatable bonds is 11. The molecule has 0 radical (unpaired) electrons. The number of halogens is 4. The average Bonchev–Trinajstić information content (AvgIpc) is 3.54. The van der Waals surface area contributed by atoms with Crippen molar-refractivity contribution in [3.05, 3.63) is 83.8 Å². The van der Waals surface area contributed by atoms with Gasteiger partial charge in [-0.2, -0.15) is 18.3 Å². The van der Waals surface area contributed by atoms with Gasteiger partial charge in [0.2, 0.25) is 0 Å². The zero-order valence-corrected chi connectivity index (χ0v) is 24.4. The van der Waals surface area contributed by atoms with Crippen molar-refractivity contribution in [2.75, 3.05) is 38.7 Å². The monoisotopic (exact) mass is 625 g/mol. The molecule has 3 aromatic carbocycles. The van der Waals surface area contributed by atoms with Crippen LogP contribution in [0, 0.1) is 5.82 Å². The van der Waals surface area contributed by atoms with E-state index in [2.05, 4.69) is 25.7 Å². The first-order valence-corrected chi connectivity index (χ1v) is 14.3. The molecule has 0 aliphatic carbocycles. The molecule has 2 heterocycles. The third-order valence-corrected chi connectivity index (χ3v) is 7.09. The van der Waals surface area contributed by atoms with E-state index < -0.39 is 23.6 Å². The van der Waals surface area contributed by atoms with E-state index in [1.54, 1.807) is 24.4 Å². The zero-order chi connectivity index (χ0) is 31.8. The number of anilines is 1. The Balaban J connectivity index is 1.19. The molecule has 236 valence electrons. The maximum Gasteiger partial charge on any atom is 0.416 e. The van der Waals surface area contributed by atoms with Crippen molar-refractivity contribution >= 4 is 28.8 Å². The number of benzene rings is 3. The first-order chi connectivity index (χ1) is 21.7. The van der Waals surface area contributed by atoms with Crippen LogP contribution in [-0.4, -0.2) is 55.5 Å². The Kier molecular flexibility index (Phi) is 9.98. The lowest BCUT2D eigenvalue weighted by atomic mass is 10.1. The Bertz CT molecular complexity index is 1660. The highest BCUT2D eigenvalue weighted by atomic mass is 19.4. The van der Waals surface area contributed by atoms with Crippen LogP contribution in [0.1, 0.15) is 30.4 Å². The van der Waals surface area contributed by atoms with E-state index in [0.29, 0.717) is 40.3 Å². The number of alkyl halides is 3. The number of urea groups is 1. The van der Waals surface area contributed by atoms with Gasteiger partial charge in [0.1, 0.15) is 5.75 Å². The van der Waals surface area contributed by atoms with Crippen LogP contribution in [-0.2, 0) is 6.18 Å². The third-order valence-electron chi connectivity index (χ3n) is 7.09. The highest BCUT2D eigenvalue weighted by molar-refractivity contribution is 5.91. The number of amides is 2. The number of nitrogens with one attached hydrogen (secondary N) is 2. The van der Waals surface area contributed by atoms with Gasteiger partial charge in [0.15, 0.2) is 23.1 Å². The van der Waals surface area contributed by atoms with Crippen LogP contribution in [0.2, 0.25) is 0 Å². The lowest BCUT2D eigenvalue weighted by Crippen LogP contribution is -2.24. The SMILES string of the molecule is COc1cc2c(Oc3ccc(NC(=O)N/N=C/c4ccc(C(F)(F)F)cc4)cc3F)ccnc2cc1OCCCN1CCCC1. The average molecular weight is 626 g/mol. The number of carbonyl (C=O) groups excluding carboxylic acids is 1. The van der Waals surface area contributed by atoms with Crippen molar-refractivity contribution in [2.24, 2.45) is 5.10 Å². The van der Waals surface area contributed by atoms with Crippen LogP contribution in [0.4, 0.5) is 28.0 Å². The Labute approximate surface area is 256 Å². The molecule has 0 atom stereocenters. The van der Waals surface area contributed by atoms with Crippen molar-refractivity contribution in [1.29, 1.82) is 0 Å². The molecule has 2 amide bonds. The van der Waals surface area contributed by atoms with Crippen LogP contribution in [0.25, 0.3) is 10.9 Å². The number of likely N-dealkylation sites (tertiary alicyclic amines) is 1. The van der Waals surface area contributed by atoms with Crippen LogP contribution in [0.5, 0.6) is 23.0 Å². The van der Waals surface area contributed by atoms with Crippen LogP contribution in [0.15, 0.2) is 72.0 Å². The van der Waals surface area contributed by atoms with Gasteiger partial charge in [-0.15, -0.1) is 0 Å². The molecular formula is C32H31F4N5O4. The highest BCUT2D eigenvalue weighted by Gasteiger charge is 2.29. The smallest absolute Gasteiger partial charge is 0.416 e. The van der Waals surface area contributed by atoms with Gasteiger partial charge in [-0.1, -0.05) is 12.1 Å². The van der Waals surface area contributed by atoms with E-state index in [1.165, 1.54) is 50.4 Å². The van der Waals surface area contributed by atoms with Crippen molar-refractivity contribution in [3.8, 4) is 23.0 Å². The molecule has 0 saturated carbocycles. The summed E-state index contributed by atoms with van der Waals surface area (Å²) in [4.78, 5) is 19.0. The first-order valence-electron chi connectivity index (χ1n) is 14.3. The molecule has 1 aliphatic rings. The lowest BCUT2D eigenvalue weighted by Gasteiger charge is -2.16. The summed E-state index contributed by atoms with van der Waals surface area (Å²) in [6.07, 6.45) is 1.65. The van der Waals surface area contributed by atoms with Crippen LogP contribution >= 0.6 is 0 Å². The quantitative estimate of drug-likeness (QED) is 0.0791. The minimum atomic E-state index is -4.45. The summed E-state index contributed by atoms with van der Waals surface area (Å²) in [7, 11) is 1.54. The molecule has 4 aromatic rings. The Hall–Kier alpha value is -4.91. The molecule has 1 fully saturated rings. The van der Waals surface area contributed by atoms with Gasteiger partial charge in [0.05, 0.1) is 31.0 Å². The highest BCUT2D eigenvalue weighted by Crippen LogP contribution is 2.38. The van der Waals surface area contributed by atoms with E-state index in [1.807, 2.05) is 0 Å². The fourth-order valence-electron chi connectivity index (χ4n) is 4.83. The predicted molar refractivity (Wildman–Crippen MR) is 162 cm³/mol. The molecular weight excluding hydrogens is 594 g/mol. The topological polar surface area (TPSA) is 97.3 Å². The number of aromatic nitrogens is 1. The molecule has 1 aliphatic heterocycles. The predicted octanol–water partition coefficient (Wildman–Crippen LogP) is 7.21. The molecule has 0 bridgehead atoms. The van der Waals surface area contributed by atoms with Gasteiger partial charge in [-0.25, -0.2) is 14.6 Å². The molecule has 9 nitrogen and oxygen atoms in total. The van der Waals surface area contributed by atoms with Crippen molar-refractivity contribution in [3.63, 3.8) is 0 Å². The molecule has 13 heteroatoms. The fourth-order valence-corrected chi connectivity index (χ4v) is 4.83. The minimum absolute atomic E-state index is 0.0880. The molecule has 2 N–H and O–H groups in total. The number of fused-ring (bicyclic) bond motifs is 1. The van der Waals surface area contributed by atoms with E-state index in [0.717, 1.165) is 44.3 Å². The van der Waals surface area contributed by atoms with Crippen molar-refractivity contribution in [1.82, 2.24) is 15.3 Å². The largest absolute Gasteiger partial charge is 0.493 e. The van der Waals surface area contributed by atoms with E-state index in [4.69, 9.17) is 14.2 Å². The second-order valence-electron chi connectivity index (χ2n) is 10.3. The molecule has 1 aromatic heterocycles. The normalized spacial score (nSPS) is 13.7. The Morgan fingerprint density at radius 1 is 1.00 bits per heavy atom. The molecule has 1 saturated heterocycles. The molecule has 0 spiro atoms. The molecule has 5 rings (SSSR count). The van der Waals surface area contributed by atoms with Gasteiger partial charge in [-0.05, 0) is 74.3 Å². The summed E-state index contributed by atoms with van der Waals surface area (Å²) in [5.41, 5.74) is 2.42. The molecule has 0 unspecified atom stereocenters. The van der Waals surface area contributed by atoms with Gasteiger partial charge >= 0.3 is 12.2 Å². The number of hydrazone groups is 1.